The molecule has 0 rings (SSSR count). The molecule has 7 heavy (non-hydrogen) atoms. The van der Waals surface area contributed by atoms with Crippen molar-refractivity contribution < 1.29 is 41.8 Å². The molecule has 0 saturated carbocycles. The third-order valence-electron chi connectivity index (χ3n) is 0. The van der Waals surface area contributed by atoms with E-state index in [0.717, 1.165) is 0 Å². The van der Waals surface area contributed by atoms with Crippen molar-refractivity contribution in [2.24, 2.45) is 0 Å². The molecule has 0 radical (unpaired) electrons. The molecule has 0 aliphatic rings. The van der Waals surface area contributed by atoms with Gasteiger partial charge in [-0.25, -0.2) is 4.57 Å². The Morgan fingerprint density at radius 2 is 1.14 bits per heavy atom. The molecule has 0 fully saturated rings. The molecule has 0 aliphatic carbocycles. The van der Waals surface area contributed by atoms with Crippen LogP contribution in [0, 0.1) is 0 Å². The Kier molecular flexibility index (Phi) is 10.6. The van der Waals surface area contributed by atoms with Gasteiger partial charge in [0.1, 0.15) is 0 Å². The summed E-state index contributed by atoms with van der Waals surface area (Å²) in [5.41, 5.74) is 0. The summed E-state index contributed by atoms with van der Waals surface area (Å²) in [7, 11) is -4.64. The van der Waals surface area contributed by atoms with Crippen molar-refractivity contribution in [3.05, 3.63) is 0 Å². The first kappa shape index (κ1) is 15.6. The summed E-state index contributed by atoms with van der Waals surface area (Å²) in [5.74, 6) is 0. The van der Waals surface area contributed by atoms with E-state index in [1.54, 1.807) is 0 Å². The van der Waals surface area contributed by atoms with E-state index in [1.165, 1.54) is 0 Å². The van der Waals surface area contributed by atoms with Gasteiger partial charge in [0.2, 0.25) is 0 Å². The number of phosphoric acid groups is 1. The summed E-state index contributed by atoms with van der Waals surface area (Å²) < 4.78 is 8.88. The van der Waals surface area contributed by atoms with Gasteiger partial charge in [-0.3, -0.25) is 0 Å². The van der Waals surface area contributed by atoms with Gasteiger partial charge in [0.15, 0.2) is 0 Å². The molecule has 48 valence electrons. The Morgan fingerprint density at radius 3 is 1.14 bits per heavy atom. The van der Waals surface area contributed by atoms with E-state index < -0.39 is 7.82 Å². The van der Waals surface area contributed by atoms with Gasteiger partial charge in [0.25, 0.3) is 0 Å². The molecule has 0 spiro atoms. The summed E-state index contributed by atoms with van der Waals surface area (Å²) in [6.07, 6.45) is 0. The van der Waals surface area contributed by atoms with Gasteiger partial charge in [0, 0.05) is 17.1 Å². The first-order chi connectivity index (χ1) is 2.00. The Balaban J connectivity index is -0.0000000800. The minimum Gasteiger partial charge on any atom is -0.412 e. The fourth-order valence-electron chi connectivity index (χ4n) is 0. The van der Waals surface area contributed by atoms with Crippen LogP contribution < -0.4 is 0 Å². The molecular weight excluding hydrogens is 167 g/mol. The molecule has 0 unspecified atom stereocenters. The summed E-state index contributed by atoms with van der Waals surface area (Å²) >= 11 is 0. The second kappa shape index (κ2) is 4.74. The van der Waals surface area contributed by atoms with E-state index in [1.807, 2.05) is 0 Å². The van der Waals surface area contributed by atoms with Crippen LogP contribution in [0.5, 0.6) is 0 Å². The molecule has 0 saturated heterocycles. The topological polar surface area (TPSA) is 109 Å². The molecule has 0 aliphatic heterocycles. The summed E-state index contributed by atoms with van der Waals surface area (Å²) in [6.45, 7) is 0. The molecule has 7 heteroatoms. The van der Waals surface area contributed by atoms with Crippen molar-refractivity contribution in [1.82, 2.24) is 0 Å². The normalized spacial score (nSPS) is 8.43. The van der Waals surface area contributed by atoms with Crippen molar-refractivity contribution in [1.29, 1.82) is 0 Å². The summed E-state index contributed by atoms with van der Waals surface area (Å²) in [6, 6.07) is 0. The van der Waals surface area contributed by atoms with E-state index in [9.17, 15) is 0 Å². The molecule has 0 aromatic carbocycles. The van der Waals surface area contributed by atoms with E-state index in [4.69, 9.17) is 19.2 Å². The van der Waals surface area contributed by atoms with Gasteiger partial charge in [-0.15, -0.1) is 0 Å². The third-order valence-corrected chi connectivity index (χ3v) is 0. The molecular formula is H5FeO5P. The monoisotopic (exact) mass is 172 g/mol. The standard InChI is InChI=1S/Fe.H3O4P.H2O/c;1-5(2,3)4;/h;(H3,1,2,3,4);1H2. The maximum atomic E-state index is 8.88. The molecule has 5 nitrogen and oxygen atoms in total. The van der Waals surface area contributed by atoms with Crippen LogP contribution in [0.25, 0.3) is 0 Å². The molecule has 0 bridgehead atoms. The van der Waals surface area contributed by atoms with Crippen LogP contribution in [0.2, 0.25) is 0 Å². The van der Waals surface area contributed by atoms with Gasteiger partial charge in [-0.2, -0.15) is 0 Å². The van der Waals surface area contributed by atoms with Crippen LogP contribution in [-0.2, 0) is 21.6 Å². The van der Waals surface area contributed by atoms with Crippen LogP contribution in [0.3, 0.4) is 0 Å². The van der Waals surface area contributed by atoms with Gasteiger partial charge >= 0.3 is 7.82 Å². The zero-order valence-electron chi connectivity index (χ0n) is 3.05. The molecule has 0 aromatic heterocycles. The Morgan fingerprint density at radius 1 is 1.14 bits per heavy atom. The molecule has 0 atom stereocenters. The third kappa shape index (κ3) is 399. The van der Waals surface area contributed by atoms with Crippen LogP contribution in [0.4, 0.5) is 0 Å². The Labute approximate surface area is 50.4 Å². The quantitative estimate of drug-likeness (QED) is 0.297. The van der Waals surface area contributed by atoms with Crippen LogP contribution in [0.1, 0.15) is 0 Å². The Bertz CT molecular complexity index is 54.2. The second-order valence-corrected chi connectivity index (χ2v) is 1.54. The zero-order chi connectivity index (χ0) is 4.50. The van der Waals surface area contributed by atoms with Gasteiger partial charge in [-0.1, -0.05) is 0 Å². The van der Waals surface area contributed by atoms with E-state index in [-0.39, 0.29) is 22.5 Å². The second-order valence-electron chi connectivity index (χ2n) is 0.513. The SMILES string of the molecule is O.O=P(O)(O)O.[Fe]. The number of hydrogen-bond donors (Lipinski definition) is 3. The number of hydrogen-bond acceptors (Lipinski definition) is 1. The van der Waals surface area contributed by atoms with Crippen molar-refractivity contribution in [3.8, 4) is 0 Å². The fourth-order valence-corrected chi connectivity index (χ4v) is 0. The fraction of sp³-hybridized carbons (Fsp3) is 0. The zero-order valence-corrected chi connectivity index (χ0v) is 5.05. The smallest absolute Gasteiger partial charge is 0.412 e. The van der Waals surface area contributed by atoms with E-state index in [2.05, 4.69) is 0 Å². The molecule has 0 amide bonds. The van der Waals surface area contributed by atoms with Gasteiger partial charge in [0.05, 0.1) is 0 Å². The average molecular weight is 172 g/mol. The molecule has 5 N–H and O–H groups in total. The minimum atomic E-state index is -4.64. The number of rotatable bonds is 0. The maximum Gasteiger partial charge on any atom is 0.466 e. The van der Waals surface area contributed by atoms with Crippen molar-refractivity contribution in [2.45, 2.75) is 0 Å². The summed E-state index contributed by atoms with van der Waals surface area (Å²) in [5, 5.41) is 0. The Hall–Kier alpha value is 0.589. The predicted molar refractivity (Wildman–Crippen MR) is 17.9 cm³/mol. The first-order valence-corrected chi connectivity index (χ1v) is 2.35. The van der Waals surface area contributed by atoms with Crippen molar-refractivity contribution in [2.75, 3.05) is 0 Å². The van der Waals surface area contributed by atoms with E-state index >= 15 is 0 Å². The van der Waals surface area contributed by atoms with Crippen LogP contribution in [0.15, 0.2) is 0 Å². The van der Waals surface area contributed by atoms with Crippen molar-refractivity contribution >= 4 is 7.82 Å². The predicted octanol–water partition coefficient (Wildman–Crippen LogP) is -1.76. The van der Waals surface area contributed by atoms with E-state index in [0.29, 0.717) is 0 Å². The maximum absolute atomic E-state index is 8.88. The van der Waals surface area contributed by atoms with Gasteiger partial charge < -0.3 is 20.2 Å². The summed E-state index contributed by atoms with van der Waals surface area (Å²) in [4.78, 5) is 21.6. The van der Waals surface area contributed by atoms with Gasteiger partial charge in [-0.05, 0) is 0 Å². The molecule has 0 heterocycles. The first-order valence-electron chi connectivity index (χ1n) is 0.783. The van der Waals surface area contributed by atoms with Crippen LogP contribution >= 0.6 is 7.82 Å². The van der Waals surface area contributed by atoms with Crippen molar-refractivity contribution in [3.63, 3.8) is 0 Å². The minimum absolute atomic E-state index is 0. The molecule has 0 aromatic rings. The largest absolute Gasteiger partial charge is 0.466 e. The average Bonchev–Trinajstić information content (AvgIpc) is 0.722. The van der Waals surface area contributed by atoms with Crippen LogP contribution in [-0.4, -0.2) is 20.2 Å².